The van der Waals surface area contributed by atoms with Crippen LogP contribution in [0.1, 0.15) is 59.3 Å². The van der Waals surface area contributed by atoms with Crippen molar-refractivity contribution in [3.63, 3.8) is 0 Å². The maximum absolute atomic E-state index is 2.42. The van der Waals surface area contributed by atoms with Gasteiger partial charge in [0.25, 0.3) is 0 Å². The van der Waals surface area contributed by atoms with Crippen LogP contribution in [0.15, 0.2) is 0 Å². The number of rotatable bonds is 6. The molecule has 0 heterocycles. The van der Waals surface area contributed by atoms with Gasteiger partial charge >= 0.3 is 0 Å². The third-order valence-electron chi connectivity index (χ3n) is 3.58. The summed E-state index contributed by atoms with van der Waals surface area (Å²) < 4.78 is 0. The van der Waals surface area contributed by atoms with Crippen LogP contribution in [0.4, 0.5) is 0 Å². The Morgan fingerprint density at radius 1 is 1.17 bits per heavy atom. The summed E-state index contributed by atoms with van der Waals surface area (Å²) in [6.07, 6.45) is 8.86. The molecule has 0 aromatic carbocycles. The lowest BCUT2D eigenvalue weighted by Gasteiger charge is -2.17. The van der Waals surface area contributed by atoms with Crippen molar-refractivity contribution in [1.82, 2.24) is 0 Å². The summed E-state index contributed by atoms with van der Waals surface area (Å²) in [6.45, 7) is 7.12. The highest BCUT2D eigenvalue weighted by Crippen LogP contribution is 2.35. The van der Waals surface area contributed by atoms with Crippen LogP contribution in [0.2, 0.25) is 0 Å². The van der Waals surface area contributed by atoms with E-state index in [1.165, 1.54) is 38.5 Å². The van der Waals surface area contributed by atoms with Crippen molar-refractivity contribution in [2.24, 2.45) is 17.8 Å². The van der Waals surface area contributed by atoms with Gasteiger partial charge in [-0.15, -0.1) is 0 Å². The largest absolute Gasteiger partial charge is 0.0651 e. The fraction of sp³-hybridized carbons (Fsp3) is 1.00. The Labute approximate surface area is 77.7 Å². The van der Waals surface area contributed by atoms with Gasteiger partial charge in [-0.25, -0.2) is 0 Å². The molecular weight excluding hydrogens is 144 g/mol. The van der Waals surface area contributed by atoms with E-state index < -0.39 is 0 Å². The van der Waals surface area contributed by atoms with Gasteiger partial charge in [-0.05, 0) is 17.8 Å². The molecule has 72 valence electrons. The molecule has 12 heavy (non-hydrogen) atoms. The summed E-state index contributed by atoms with van der Waals surface area (Å²) in [7, 11) is 0. The van der Waals surface area contributed by atoms with Gasteiger partial charge in [0.1, 0.15) is 0 Å². The Morgan fingerprint density at radius 2 is 1.83 bits per heavy atom. The van der Waals surface area contributed by atoms with E-state index in [9.17, 15) is 0 Å². The van der Waals surface area contributed by atoms with E-state index in [-0.39, 0.29) is 0 Å². The van der Waals surface area contributed by atoms with Crippen LogP contribution >= 0.6 is 0 Å². The van der Waals surface area contributed by atoms with Gasteiger partial charge in [0, 0.05) is 0 Å². The molecule has 2 atom stereocenters. The lowest BCUT2D eigenvalue weighted by Crippen LogP contribution is -2.06. The third kappa shape index (κ3) is 3.60. The predicted molar refractivity (Wildman–Crippen MR) is 55.2 cm³/mol. The molecule has 0 amide bonds. The first-order valence-electron chi connectivity index (χ1n) is 5.74. The average molecular weight is 168 g/mol. The molecule has 0 N–H and O–H groups in total. The highest BCUT2D eigenvalue weighted by atomic mass is 14.3. The van der Waals surface area contributed by atoms with Crippen molar-refractivity contribution >= 4 is 0 Å². The van der Waals surface area contributed by atoms with E-state index in [4.69, 9.17) is 0 Å². The summed E-state index contributed by atoms with van der Waals surface area (Å²) in [5, 5.41) is 0. The third-order valence-corrected chi connectivity index (χ3v) is 3.58. The first-order valence-corrected chi connectivity index (χ1v) is 5.74. The molecule has 0 aliphatic heterocycles. The second-order valence-corrected chi connectivity index (χ2v) is 4.74. The van der Waals surface area contributed by atoms with Gasteiger partial charge in [-0.2, -0.15) is 0 Å². The number of hydrogen-bond donors (Lipinski definition) is 0. The summed E-state index contributed by atoms with van der Waals surface area (Å²) in [6, 6.07) is 0. The summed E-state index contributed by atoms with van der Waals surface area (Å²) >= 11 is 0. The summed E-state index contributed by atoms with van der Waals surface area (Å²) in [5.41, 5.74) is 0. The summed E-state index contributed by atoms with van der Waals surface area (Å²) in [5.74, 6) is 3.02. The molecule has 0 spiro atoms. The molecule has 0 heteroatoms. The molecule has 0 saturated heterocycles. The maximum atomic E-state index is 2.42. The highest BCUT2D eigenvalue weighted by Gasteiger charge is 2.20. The Hall–Kier alpha value is 0. The van der Waals surface area contributed by atoms with Crippen molar-refractivity contribution in [3.8, 4) is 0 Å². The smallest absolute Gasteiger partial charge is 0.0414 e. The van der Waals surface area contributed by atoms with Crippen molar-refractivity contribution in [3.05, 3.63) is 0 Å². The monoisotopic (exact) mass is 168 g/mol. The van der Waals surface area contributed by atoms with Crippen LogP contribution < -0.4 is 0 Å². The van der Waals surface area contributed by atoms with Crippen LogP contribution in [0.25, 0.3) is 0 Å². The van der Waals surface area contributed by atoms with E-state index in [2.05, 4.69) is 20.8 Å². The molecule has 1 aliphatic carbocycles. The van der Waals surface area contributed by atoms with E-state index in [0.29, 0.717) is 0 Å². The first-order chi connectivity index (χ1) is 5.74. The van der Waals surface area contributed by atoms with Crippen molar-refractivity contribution in [1.29, 1.82) is 0 Å². The first kappa shape index (κ1) is 10.1. The lowest BCUT2D eigenvalue weighted by molar-refractivity contribution is 0.341. The van der Waals surface area contributed by atoms with Crippen molar-refractivity contribution in [2.75, 3.05) is 0 Å². The fourth-order valence-corrected chi connectivity index (χ4v) is 1.82. The quantitative estimate of drug-likeness (QED) is 0.556. The molecular formula is C12H24. The minimum atomic E-state index is 0.934. The topological polar surface area (TPSA) is 0 Å². The van der Waals surface area contributed by atoms with E-state index >= 15 is 0 Å². The van der Waals surface area contributed by atoms with Gasteiger partial charge in [0.05, 0.1) is 0 Å². The zero-order chi connectivity index (χ0) is 8.97. The van der Waals surface area contributed by atoms with Gasteiger partial charge < -0.3 is 0 Å². The maximum Gasteiger partial charge on any atom is -0.0414 e. The number of hydrogen-bond acceptors (Lipinski definition) is 0. The molecule has 1 rings (SSSR count). The van der Waals surface area contributed by atoms with Crippen LogP contribution in [0.3, 0.4) is 0 Å². The molecule has 2 unspecified atom stereocenters. The van der Waals surface area contributed by atoms with Crippen LogP contribution in [-0.2, 0) is 0 Å². The molecule has 0 nitrogen and oxygen atoms in total. The van der Waals surface area contributed by atoms with Crippen LogP contribution in [0, 0.1) is 17.8 Å². The molecule has 1 aliphatic rings. The SMILES string of the molecule is CCC(C)C(C)CCCC1CC1. The molecule has 1 fully saturated rings. The zero-order valence-electron chi connectivity index (χ0n) is 8.97. The minimum absolute atomic E-state index is 0.934. The Kier molecular flexibility index (Phi) is 4.11. The van der Waals surface area contributed by atoms with E-state index in [1.54, 1.807) is 0 Å². The normalized spacial score (nSPS) is 22.2. The Bertz CT molecular complexity index is 113. The van der Waals surface area contributed by atoms with Gasteiger partial charge in [-0.3, -0.25) is 0 Å². The molecule has 0 aromatic rings. The zero-order valence-corrected chi connectivity index (χ0v) is 8.97. The van der Waals surface area contributed by atoms with Gasteiger partial charge in [0.2, 0.25) is 0 Å². The lowest BCUT2D eigenvalue weighted by atomic mass is 9.89. The predicted octanol–water partition coefficient (Wildman–Crippen LogP) is 4.25. The standard InChI is InChI=1S/C12H24/c1-4-10(2)11(3)6-5-7-12-8-9-12/h10-12H,4-9H2,1-3H3. The average Bonchev–Trinajstić information content (AvgIpc) is 2.86. The molecule has 0 aromatic heterocycles. The van der Waals surface area contributed by atoms with E-state index in [0.717, 1.165) is 17.8 Å². The van der Waals surface area contributed by atoms with Crippen molar-refractivity contribution in [2.45, 2.75) is 59.3 Å². The molecule has 0 radical (unpaired) electrons. The molecule has 1 saturated carbocycles. The Morgan fingerprint density at radius 3 is 2.33 bits per heavy atom. The molecule has 0 bridgehead atoms. The summed E-state index contributed by atoms with van der Waals surface area (Å²) in [4.78, 5) is 0. The van der Waals surface area contributed by atoms with Gasteiger partial charge in [0.15, 0.2) is 0 Å². The highest BCUT2D eigenvalue weighted by molar-refractivity contribution is 4.73. The minimum Gasteiger partial charge on any atom is -0.0651 e. The Balaban J connectivity index is 1.96. The van der Waals surface area contributed by atoms with E-state index in [1.807, 2.05) is 0 Å². The van der Waals surface area contributed by atoms with Crippen LogP contribution in [0.5, 0.6) is 0 Å². The second-order valence-electron chi connectivity index (χ2n) is 4.74. The van der Waals surface area contributed by atoms with Crippen molar-refractivity contribution < 1.29 is 0 Å². The van der Waals surface area contributed by atoms with Crippen LogP contribution in [-0.4, -0.2) is 0 Å². The van der Waals surface area contributed by atoms with Gasteiger partial charge in [-0.1, -0.05) is 59.3 Å². The fourth-order valence-electron chi connectivity index (χ4n) is 1.82. The second kappa shape index (κ2) is 4.89.